The van der Waals surface area contributed by atoms with Crippen LogP contribution in [0.5, 0.6) is 0 Å². The van der Waals surface area contributed by atoms with Crippen molar-refractivity contribution in [3.8, 4) is 0 Å². The highest BCUT2D eigenvalue weighted by atomic mass is 16.5. The number of aliphatic hydroxyl groups excluding tert-OH is 1. The summed E-state index contributed by atoms with van der Waals surface area (Å²) in [6.07, 6.45) is 8.75. The normalized spacial score (nSPS) is 19.0. The SMILES string of the molecule is O=C(C[C@H]1CC=CCCC[C@H](Cc2ccccc2)C(=O)OC[C@H](CCCCNC(=O)OCc2ccccc2)NC1=O)N[C@@H](CO)Cc1ccccc1. The van der Waals surface area contributed by atoms with Gasteiger partial charge in [0, 0.05) is 13.0 Å². The van der Waals surface area contributed by atoms with Crippen LogP contribution in [-0.4, -0.2) is 60.8 Å². The fraction of sp³-hybridized carbons (Fsp3) is 0.429. The monoisotopic (exact) mass is 711 g/mol. The van der Waals surface area contributed by atoms with Crippen LogP contribution in [0.3, 0.4) is 0 Å². The standard InChI is InChI=1S/C42H53N3O7/c46-29-38(27-33-18-8-4-9-19-33)44-39(47)28-35-22-12-1-2-13-23-36(26-32-16-6-3-7-17-32)41(49)51-31-37(45-40(35)48)24-14-15-25-43-42(50)52-30-34-20-10-5-11-21-34/h1,3-12,16-21,35-38,46H,2,13-15,22-31H2,(H,43,50)(H,44,47)(H,45,48)/t35-,36-,37+,38-/m1/s1. The minimum absolute atomic E-state index is 0.000820. The molecule has 0 aliphatic carbocycles. The van der Waals surface area contributed by atoms with Gasteiger partial charge in [-0.05, 0) is 74.5 Å². The summed E-state index contributed by atoms with van der Waals surface area (Å²) in [4.78, 5) is 52.5. The number of rotatable bonds is 15. The van der Waals surface area contributed by atoms with Crippen molar-refractivity contribution >= 4 is 23.9 Å². The third-order valence-corrected chi connectivity index (χ3v) is 9.12. The minimum Gasteiger partial charge on any atom is -0.463 e. The Morgan fingerprint density at radius 1 is 0.865 bits per heavy atom. The molecule has 278 valence electrons. The zero-order valence-corrected chi connectivity index (χ0v) is 29.9. The van der Waals surface area contributed by atoms with E-state index >= 15 is 0 Å². The van der Waals surface area contributed by atoms with Crippen LogP contribution in [0, 0.1) is 11.8 Å². The molecule has 4 rings (SSSR count). The Bertz CT molecular complexity index is 1530. The van der Waals surface area contributed by atoms with Gasteiger partial charge in [0.2, 0.25) is 11.8 Å². The highest BCUT2D eigenvalue weighted by Gasteiger charge is 2.27. The summed E-state index contributed by atoms with van der Waals surface area (Å²) in [5, 5.41) is 18.7. The number of esters is 1. The van der Waals surface area contributed by atoms with Crippen molar-refractivity contribution in [1.29, 1.82) is 0 Å². The number of carbonyl (C=O) groups excluding carboxylic acids is 4. The number of ether oxygens (including phenoxy) is 2. The summed E-state index contributed by atoms with van der Waals surface area (Å²) >= 11 is 0. The Hall–Kier alpha value is -4.96. The van der Waals surface area contributed by atoms with E-state index in [0.29, 0.717) is 51.5 Å². The number of benzene rings is 3. The van der Waals surface area contributed by atoms with Gasteiger partial charge in [0.1, 0.15) is 13.2 Å². The number of nitrogens with one attached hydrogen (secondary N) is 3. The summed E-state index contributed by atoms with van der Waals surface area (Å²) in [6, 6.07) is 28.0. The maximum atomic E-state index is 13.7. The lowest BCUT2D eigenvalue weighted by Gasteiger charge is -2.24. The molecule has 52 heavy (non-hydrogen) atoms. The van der Waals surface area contributed by atoms with Crippen LogP contribution >= 0.6 is 0 Å². The van der Waals surface area contributed by atoms with Crippen LogP contribution < -0.4 is 16.0 Å². The molecule has 0 aromatic heterocycles. The molecular formula is C42H53N3O7. The van der Waals surface area contributed by atoms with E-state index in [9.17, 15) is 24.3 Å². The molecule has 0 saturated carbocycles. The topological polar surface area (TPSA) is 143 Å². The quantitative estimate of drug-likeness (QED) is 0.0884. The van der Waals surface area contributed by atoms with E-state index in [2.05, 4.69) is 16.0 Å². The molecule has 1 aliphatic heterocycles. The molecule has 3 aromatic rings. The van der Waals surface area contributed by atoms with Gasteiger partial charge in [-0.1, -0.05) is 103 Å². The smallest absolute Gasteiger partial charge is 0.407 e. The molecule has 0 bridgehead atoms. The Morgan fingerprint density at radius 3 is 2.23 bits per heavy atom. The second-order valence-electron chi connectivity index (χ2n) is 13.4. The van der Waals surface area contributed by atoms with Crippen molar-refractivity contribution in [2.24, 2.45) is 11.8 Å². The van der Waals surface area contributed by atoms with Crippen molar-refractivity contribution in [1.82, 2.24) is 16.0 Å². The van der Waals surface area contributed by atoms with Crippen LogP contribution in [0.25, 0.3) is 0 Å². The fourth-order valence-electron chi connectivity index (χ4n) is 6.21. The average molecular weight is 712 g/mol. The lowest BCUT2D eigenvalue weighted by Crippen LogP contribution is -2.45. The van der Waals surface area contributed by atoms with E-state index in [1.54, 1.807) is 0 Å². The molecule has 0 unspecified atom stereocenters. The molecular weight excluding hydrogens is 658 g/mol. The highest BCUT2D eigenvalue weighted by Crippen LogP contribution is 2.20. The number of alkyl carbamates (subject to hydrolysis) is 1. The van der Waals surface area contributed by atoms with Crippen molar-refractivity contribution in [2.45, 2.75) is 82.9 Å². The molecule has 3 aromatic carbocycles. The molecule has 0 fully saturated rings. The molecule has 0 saturated heterocycles. The van der Waals surface area contributed by atoms with Crippen LogP contribution in [0.4, 0.5) is 4.79 Å². The predicted octanol–water partition coefficient (Wildman–Crippen LogP) is 5.83. The van der Waals surface area contributed by atoms with Gasteiger partial charge in [-0.3, -0.25) is 14.4 Å². The zero-order valence-electron chi connectivity index (χ0n) is 29.9. The molecule has 4 atom stereocenters. The van der Waals surface area contributed by atoms with E-state index in [4.69, 9.17) is 9.47 Å². The van der Waals surface area contributed by atoms with E-state index in [0.717, 1.165) is 29.5 Å². The number of unbranched alkanes of at least 4 members (excludes halogenated alkanes) is 1. The molecule has 4 N–H and O–H groups in total. The van der Waals surface area contributed by atoms with Crippen LogP contribution in [0.15, 0.2) is 103 Å². The fourth-order valence-corrected chi connectivity index (χ4v) is 6.21. The number of carbonyl (C=O) groups is 4. The molecule has 1 aliphatic rings. The Balaban J connectivity index is 1.36. The van der Waals surface area contributed by atoms with E-state index in [1.165, 1.54) is 0 Å². The number of amides is 3. The van der Waals surface area contributed by atoms with Crippen LogP contribution in [0.1, 0.15) is 68.1 Å². The first-order valence-electron chi connectivity index (χ1n) is 18.4. The van der Waals surface area contributed by atoms with Crippen molar-refractivity contribution < 1.29 is 33.8 Å². The predicted molar refractivity (Wildman–Crippen MR) is 200 cm³/mol. The van der Waals surface area contributed by atoms with Gasteiger partial charge in [0.05, 0.1) is 30.5 Å². The Labute approximate surface area is 307 Å². The van der Waals surface area contributed by atoms with Gasteiger partial charge in [-0.15, -0.1) is 0 Å². The molecule has 10 heteroatoms. The van der Waals surface area contributed by atoms with Crippen molar-refractivity contribution in [2.75, 3.05) is 19.8 Å². The van der Waals surface area contributed by atoms with Gasteiger partial charge in [0.25, 0.3) is 0 Å². The van der Waals surface area contributed by atoms with Gasteiger partial charge in [-0.2, -0.15) is 0 Å². The number of allylic oxidation sites excluding steroid dienone is 2. The lowest BCUT2D eigenvalue weighted by molar-refractivity contribution is -0.150. The molecule has 0 spiro atoms. The second-order valence-corrected chi connectivity index (χ2v) is 13.4. The summed E-state index contributed by atoms with van der Waals surface area (Å²) < 4.78 is 11.2. The lowest BCUT2D eigenvalue weighted by atomic mass is 9.93. The van der Waals surface area contributed by atoms with Gasteiger partial charge >= 0.3 is 12.1 Å². The summed E-state index contributed by atoms with van der Waals surface area (Å²) in [5.74, 6) is -1.88. The molecule has 10 nitrogen and oxygen atoms in total. The average Bonchev–Trinajstić information content (AvgIpc) is 3.16. The number of hydrogen-bond acceptors (Lipinski definition) is 7. The van der Waals surface area contributed by atoms with Crippen LogP contribution in [0.2, 0.25) is 0 Å². The zero-order chi connectivity index (χ0) is 36.8. The summed E-state index contributed by atoms with van der Waals surface area (Å²) in [5.41, 5.74) is 2.95. The summed E-state index contributed by atoms with van der Waals surface area (Å²) in [6.45, 7) is 0.339. The van der Waals surface area contributed by atoms with Gasteiger partial charge < -0.3 is 30.5 Å². The maximum Gasteiger partial charge on any atom is 0.407 e. The number of hydrogen-bond donors (Lipinski definition) is 4. The van der Waals surface area contributed by atoms with E-state index in [-0.39, 0.29) is 49.9 Å². The third kappa shape index (κ3) is 15.1. The maximum absolute atomic E-state index is 13.7. The Morgan fingerprint density at radius 2 is 1.54 bits per heavy atom. The van der Waals surface area contributed by atoms with E-state index < -0.39 is 24.1 Å². The molecule has 1 heterocycles. The highest BCUT2D eigenvalue weighted by molar-refractivity contribution is 5.86. The first-order valence-corrected chi connectivity index (χ1v) is 18.4. The largest absolute Gasteiger partial charge is 0.463 e. The molecule has 3 amide bonds. The van der Waals surface area contributed by atoms with Gasteiger partial charge in [-0.25, -0.2) is 4.79 Å². The second kappa shape index (κ2) is 22.8. The van der Waals surface area contributed by atoms with Crippen molar-refractivity contribution in [3.63, 3.8) is 0 Å². The number of aliphatic hydroxyl groups is 1. The summed E-state index contributed by atoms with van der Waals surface area (Å²) in [7, 11) is 0. The Kier molecular flexibility index (Phi) is 17.4. The van der Waals surface area contributed by atoms with E-state index in [1.807, 2.05) is 103 Å². The number of cyclic esters (lactones) is 1. The van der Waals surface area contributed by atoms with Crippen LogP contribution in [-0.2, 0) is 43.3 Å². The van der Waals surface area contributed by atoms with Gasteiger partial charge in [0.15, 0.2) is 0 Å². The molecule has 0 radical (unpaired) electrons. The third-order valence-electron chi connectivity index (χ3n) is 9.12. The first kappa shape index (κ1) is 39.8. The minimum atomic E-state index is -0.652. The first-order chi connectivity index (χ1) is 25.4. The van der Waals surface area contributed by atoms with Crippen molar-refractivity contribution in [3.05, 3.63) is 120 Å².